The summed E-state index contributed by atoms with van der Waals surface area (Å²) >= 11 is 3.09. The number of anilines is 1. The number of esters is 1. The van der Waals surface area contributed by atoms with Crippen LogP contribution < -0.4 is 5.32 Å². The van der Waals surface area contributed by atoms with Crippen molar-refractivity contribution >= 4 is 50.5 Å². The van der Waals surface area contributed by atoms with Gasteiger partial charge >= 0.3 is 5.97 Å². The number of amides is 1. The quantitative estimate of drug-likeness (QED) is 0.307. The molecule has 34 heavy (non-hydrogen) atoms. The number of carbonyl (C=O) groups excluding carboxylic acids is 2. The summed E-state index contributed by atoms with van der Waals surface area (Å²) in [6.45, 7) is 5.90. The third-order valence-electron chi connectivity index (χ3n) is 6.02. The molecule has 0 spiro atoms. The molecule has 1 aliphatic carbocycles. The van der Waals surface area contributed by atoms with Crippen LogP contribution in [0.2, 0.25) is 0 Å². The predicted molar refractivity (Wildman–Crippen MR) is 139 cm³/mol. The Kier molecular flexibility index (Phi) is 6.23. The number of benzene rings is 1. The highest BCUT2D eigenvalue weighted by atomic mass is 32.1. The summed E-state index contributed by atoms with van der Waals surface area (Å²) in [4.78, 5) is 33.6. The highest BCUT2D eigenvalue weighted by Crippen LogP contribution is 2.40. The number of thiophene rings is 2. The van der Waals surface area contributed by atoms with E-state index in [1.165, 1.54) is 16.2 Å². The number of hydrogen-bond donors (Lipinski definition) is 1. The Morgan fingerprint density at radius 1 is 1.18 bits per heavy atom. The van der Waals surface area contributed by atoms with Gasteiger partial charge in [0.2, 0.25) is 0 Å². The summed E-state index contributed by atoms with van der Waals surface area (Å²) in [6, 6.07) is 13.5. The number of rotatable bonds is 5. The fraction of sp³-hybridized carbons (Fsp3) is 0.296. The van der Waals surface area contributed by atoms with Gasteiger partial charge in [-0.1, -0.05) is 31.2 Å². The first-order chi connectivity index (χ1) is 16.4. The van der Waals surface area contributed by atoms with Gasteiger partial charge in [0.05, 0.1) is 33.3 Å². The van der Waals surface area contributed by atoms with Crippen molar-refractivity contribution in [3.8, 4) is 10.6 Å². The van der Waals surface area contributed by atoms with E-state index in [1.807, 2.05) is 61.7 Å². The molecule has 5 rings (SSSR count). The second-order valence-electron chi connectivity index (χ2n) is 9.01. The number of hydrogen-bond acceptors (Lipinski definition) is 6. The lowest BCUT2D eigenvalue weighted by Gasteiger charge is -2.19. The zero-order chi connectivity index (χ0) is 23.8. The van der Waals surface area contributed by atoms with Crippen LogP contribution >= 0.6 is 22.7 Å². The van der Waals surface area contributed by atoms with Crippen LogP contribution in [0, 0.1) is 5.92 Å². The molecule has 174 valence electrons. The first-order valence-corrected chi connectivity index (χ1v) is 13.2. The minimum absolute atomic E-state index is 0.230. The van der Waals surface area contributed by atoms with Crippen LogP contribution in [0.15, 0.2) is 47.8 Å². The third kappa shape index (κ3) is 4.38. The van der Waals surface area contributed by atoms with Crippen molar-refractivity contribution in [1.29, 1.82) is 0 Å². The standard InChI is InChI=1S/C27H26N2O3S2/c1-15(2)32-27(31)24-18-11-10-16(3)13-23(18)34-26(24)29-25(30)19-14-21(22-9-6-12-33-22)28-20-8-5-4-7-17(19)20/h4-9,12,14-16H,10-11,13H2,1-3H3,(H,29,30)/t16-/m1/s1. The van der Waals surface area contributed by atoms with Crippen LogP contribution in [0.1, 0.15) is 58.3 Å². The molecule has 1 N–H and O–H groups in total. The predicted octanol–water partition coefficient (Wildman–Crippen LogP) is 6.97. The highest BCUT2D eigenvalue weighted by molar-refractivity contribution is 7.17. The molecule has 0 unspecified atom stereocenters. The normalized spacial score (nSPS) is 15.4. The SMILES string of the molecule is CC(C)OC(=O)c1c(NC(=O)c2cc(-c3cccs3)nc3ccccc23)sc2c1CC[C@@H](C)C2. The van der Waals surface area contributed by atoms with Gasteiger partial charge < -0.3 is 10.1 Å². The van der Waals surface area contributed by atoms with Gasteiger partial charge in [-0.3, -0.25) is 4.79 Å². The van der Waals surface area contributed by atoms with Crippen LogP contribution in [0.3, 0.4) is 0 Å². The molecule has 0 aliphatic heterocycles. The molecule has 1 aromatic carbocycles. The lowest BCUT2D eigenvalue weighted by atomic mass is 9.88. The van der Waals surface area contributed by atoms with E-state index in [0.29, 0.717) is 22.0 Å². The molecule has 4 aromatic rings. The summed E-state index contributed by atoms with van der Waals surface area (Å²) in [5.74, 6) is -0.0565. The Labute approximate surface area is 206 Å². The van der Waals surface area contributed by atoms with Crippen molar-refractivity contribution in [2.75, 3.05) is 5.32 Å². The van der Waals surface area contributed by atoms with Crippen molar-refractivity contribution in [2.45, 2.75) is 46.1 Å². The molecule has 0 saturated heterocycles. The summed E-state index contributed by atoms with van der Waals surface area (Å²) in [6.07, 6.45) is 2.54. The molecule has 0 bridgehead atoms. The van der Waals surface area contributed by atoms with Crippen LogP contribution in [-0.2, 0) is 17.6 Å². The van der Waals surface area contributed by atoms with Gasteiger partial charge in [-0.25, -0.2) is 9.78 Å². The maximum Gasteiger partial charge on any atom is 0.341 e. The molecule has 5 nitrogen and oxygen atoms in total. The molecule has 7 heteroatoms. The van der Waals surface area contributed by atoms with Gasteiger partial charge in [0.25, 0.3) is 5.91 Å². The number of para-hydroxylation sites is 1. The largest absolute Gasteiger partial charge is 0.459 e. The van der Waals surface area contributed by atoms with Gasteiger partial charge in [0, 0.05) is 10.3 Å². The summed E-state index contributed by atoms with van der Waals surface area (Å²) in [5, 5.41) is 6.42. The Morgan fingerprint density at radius 3 is 2.76 bits per heavy atom. The first-order valence-electron chi connectivity index (χ1n) is 11.5. The first kappa shape index (κ1) is 22.7. The van der Waals surface area contributed by atoms with E-state index < -0.39 is 0 Å². The fourth-order valence-corrected chi connectivity index (χ4v) is 6.49. The maximum absolute atomic E-state index is 13.6. The Bertz CT molecular complexity index is 1370. The van der Waals surface area contributed by atoms with Crippen molar-refractivity contribution in [1.82, 2.24) is 4.98 Å². The summed E-state index contributed by atoms with van der Waals surface area (Å²) < 4.78 is 5.56. The molecular formula is C27H26N2O3S2. The maximum atomic E-state index is 13.6. The second-order valence-corrected chi connectivity index (χ2v) is 11.1. The average molecular weight is 491 g/mol. The number of carbonyl (C=O) groups is 2. The van der Waals surface area contributed by atoms with Gasteiger partial charge in [-0.15, -0.1) is 22.7 Å². The monoisotopic (exact) mass is 490 g/mol. The van der Waals surface area contributed by atoms with E-state index in [4.69, 9.17) is 9.72 Å². The minimum Gasteiger partial charge on any atom is -0.459 e. The molecular weight excluding hydrogens is 464 g/mol. The molecule has 0 saturated carbocycles. The van der Waals surface area contributed by atoms with Crippen LogP contribution in [0.5, 0.6) is 0 Å². The van der Waals surface area contributed by atoms with E-state index in [9.17, 15) is 9.59 Å². The highest BCUT2D eigenvalue weighted by Gasteiger charge is 2.30. The topological polar surface area (TPSA) is 68.3 Å². The molecule has 1 atom stereocenters. The van der Waals surface area contributed by atoms with E-state index >= 15 is 0 Å². The minimum atomic E-state index is -0.365. The fourth-order valence-electron chi connectivity index (χ4n) is 4.41. The van der Waals surface area contributed by atoms with Crippen LogP contribution in [-0.4, -0.2) is 23.0 Å². The van der Waals surface area contributed by atoms with E-state index in [-0.39, 0.29) is 18.0 Å². The summed E-state index contributed by atoms with van der Waals surface area (Å²) in [5.41, 5.74) is 3.61. The van der Waals surface area contributed by atoms with Gasteiger partial charge in [-0.2, -0.15) is 0 Å². The van der Waals surface area contributed by atoms with Gasteiger partial charge in [-0.05, 0) is 68.2 Å². The third-order valence-corrected chi connectivity index (χ3v) is 8.08. The Hall–Kier alpha value is -3.03. The zero-order valence-electron chi connectivity index (χ0n) is 19.4. The molecule has 1 aliphatic rings. The number of fused-ring (bicyclic) bond motifs is 2. The second kappa shape index (κ2) is 9.31. The number of ether oxygens (including phenoxy) is 1. The number of aromatic nitrogens is 1. The van der Waals surface area contributed by atoms with Crippen molar-refractivity contribution in [3.63, 3.8) is 0 Å². The number of nitrogens with zero attached hydrogens (tertiary/aromatic N) is 1. The Morgan fingerprint density at radius 2 is 2.00 bits per heavy atom. The number of pyridine rings is 1. The van der Waals surface area contributed by atoms with E-state index in [1.54, 1.807) is 11.3 Å². The average Bonchev–Trinajstić information content (AvgIpc) is 3.45. The van der Waals surface area contributed by atoms with Gasteiger partial charge in [0.1, 0.15) is 5.00 Å². The van der Waals surface area contributed by atoms with Crippen LogP contribution in [0.25, 0.3) is 21.5 Å². The van der Waals surface area contributed by atoms with Crippen molar-refractivity contribution in [2.24, 2.45) is 5.92 Å². The Balaban J connectivity index is 1.57. The lowest BCUT2D eigenvalue weighted by molar-refractivity contribution is 0.0378. The summed E-state index contributed by atoms with van der Waals surface area (Å²) in [7, 11) is 0. The van der Waals surface area contributed by atoms with Crippen LogP contribution in [0.4, 0.5) is 5.00 Å². The smallest absolute Gasteiger partial charge is 0.341 e. The van der Waals surface area contributed by atoms with E-state index in [0.717, 1.165) is 46.3 Å². The van der Waals surface area contributed by atoms with Crippen molar-refractivity contribution < 1.29 is 14.3 Å². The van der Waals surface area contributed by atoms with E-state index in [2.05, 4.69) is 12.2 Å². The molecule has 0 fully saturated rings. The van der Waals surface area contributed by atoms with Crippen molar-refractivity contribution in [3.05, 3.63) is 69.4 Å². The lowest BCUT2D eigenvalue weighted by Crippen LogP contribution is -2.19. The van der Waals surface area contributed by atoms with Gasteiger partial charge in [0.15, 0.2) is 0 Å². The number of nitrogens with one attached hydrogen (secondary N) is 1. The molecule has 0 radical (unpaired) electrons. The molecule has 1 amide bonds. The molecule has 3 heterocycles. The molecule has 3 aromatic heterocycles. The zero-order valence-corrected chi connectivity index (χ0v) is 21.0.